The molecule has 0 saturated carbocycles. The summed E-state index contributed by atoms with van der Waals surface area (Å²) in [5.74, 6) is 0.270. The fraction of sp³-hybridized carbons (Fsp3) is 0.240. The SMILES string of the molecule is CCOc1ccc(S(=O)(=O)Nc2ccccc2C(=O)N[C@@H](C)CCc2ccccc2)cc1. The van der Waals surface area contributed by atoms with Gasteiger partial charge in [-0.15, -0.1) is 0 Å². The summed E-state index contributed by atoms with van der Waals surface area (Å²) in [4.78, 5) is 13.0. The molecule has 0 aromatic heterocycles. The lowest BCUT2D eigenvalue weighted by molar-refractivity contribution is 0.0939. The third-order valence-electron chi connectivity index (χ3n) is 4.95. The second-order valence-electron chi connectivity index (χ2n) is 7.45. The molecule has 168 valence electrons. The Labute approximate surface area is 189 Å². The molecule has 1 amide bonds. The number of sulfonamides is 1. The molecule has 0 spiro atoms. The number of carbonyl (C=O) groups excluding carboxylic acids is 1. The van der Waals surface area contributed by atoms with Crippen LogP contribution in [0, 0.1) is 0 Å². The fourth-order valence-electron chi connectivity index (χ4n) is 3.26. The summed E-state index contributed by atoms with van der Waals surface area (Å²) >= 11 is 0. The second kappa shape index (κ2) is 10.8. The highest BCUT2D eigenvalue weighted by molar-refractivity contribution is 7.92. The Balaban J connectivity index is 1.68. The zero-order chi connectivity index (χ0) is 23.0. The number of para-hydroxylation sites is 1. The van der Waals surface area contributed by atoms with Crippen LogP contribution < -0.4 is 14.8 Å². The maximum atomic E-state index is 12.9. The largest absolute Gasteiger partial charge is 0.494 e. The Morgan fingerprint density at radius 3 is 2.28 bits per heavy atom. The molecule has 0 fully saturated rings. The minimum atomic E-state index is -3.86. The molecule has 0 unspecified atom stereocenters. The fourth-order valence-corrected chi connectivity index (χ4v) is 4.34. The van der Waals surface area contributed by atoms with Crippen molar-refractivity contribution in [1.82, 2.24) is 5.32 Å². The molecule has 3 rings (SSSR count). The second-order valence-corrected chi connectivity index (χ2v) is 9.14. The monoisotopic (exact) mass is 452 g/mol. The van der Waals surface area contributed by atoms with Crippen LogP contribution in [0.1, 0.15) is 36.2 Å². The first-order chi connectivity index (χ1) is 15.4. The van der Waals surface area contributed by atoms with Gasteiger partial charge < -0.3 is 10.1 Å². The van der Waals surface area contributed by atoms with E-state index in [0.29, 0.717) is 12.4 Å². The van der Waals surface area contributed by atoms with E-state index < -0.39 is 10.0 Å². The maximum Gasteiger partial charge on any atom is 0.261 e. The Kier molecular flexibility index (Phi) is 7.89. The quantitative estimate of drug-likeness (QED) is 0.469. The summed E-state index contributed by atoms with van der Waals surface area (Å²) in [6, 6.07) is 22.7. The molecule has 0 aliphatic rings. The molecule has 0 aliphatic heterocycles. The van der Waals surface area contributed by atoms with Crippen molar-refractivity contribution < 1.29 is 17.9 Å². The average Bonchev–Trinajstić information content (AvgIpc) is 2.79. The topological polar surface area (TPSA) is 84.5 Å². The predicted molar refractivity (Wildman–Crippen MR) is 127 cm³/mol. The minimum Gasteiger partial charge on any atom is -0.494 e. The minimum absolute atomic E-state index is 0.0709. The van der Waals surface area contributed by atoms with E-state index in [1.165, 1.54) is 17.7 Å². The standard InChI is InChI=1S/C25H28N2O4S/c1-3-31-21-15-17-22(18-16-21)32(29,30)27-24-12-8-7-11-23(24)25(28)26-19(2)13-14-20-9-5-4-6-10-20/h4-12,15-19,27H,3,13-14H2,1-2H3,(H,26,28)/t19-/m0/s1. The highest BCUT2D eigenvalue weighted by Gasteiger charge is 2.19. The molecule has 3 aromatic rings. The van der Waals surface area contributed by atoms with Gasteiger partial charge in [0.25, 0.3) is 15.9 Å². The first kappa shape index (κ1) is 23.3. The van der Waals surface area contributed by atoms with E-state index in [1.54, 1.807) is 36.4 Å². The van der Waals surface area contributed by atoms with E-state index in [2.05, 4.69) is 22.2 Å². The summed E-state index contributed by atoms with van der Waals surface area (Å²) in [5.41, 5.74) is 1.71. The summed E-state index contributed by atoms with van der Waals surface area (Å²) < 4.78 is 33.6. The van der Waals surface area contributed by atoms with E-state index in [0.717, 1.165) is 12.8 Å². The molecule has 1 atom stereocenters. The van der Waals surface area contributed by atoms with Gasteiger partial charge in [-0.25, -0.2) is 8.42 Å². The third kappa shape index (κ3) is 6.34. The van der Waals surface area contributed by atoms with Gasteiger partial charge in [0.2, 0.25) is 0 Å². The molecule has 0 bridgehead atoms. The van der Waals surface area contributed by atoms with Crippen molar-refractivity contribution in [3.05, 3.63) is 90.0 Å². The number of benzene rings is 3. The van der Waals surface area contributed by atoms with Crippen LogP contribution in [0.15, 0.2) is 83.8 Å². The van der Waals surface area contributed by atoms with Gasteiger partial charge in [-0.3, -0.25) is 9.52 Å². The van der Waals surface area contributed by atoms with E-state index in [4.69, 9.17) is 4.74 Å². The molecule has 0 aliphatic carbocycles. The van der Waals surface area contributed by atoms with E-state index in [1.807, 2.05) is 32.0 Å². The summed E-state index contributed by atoms with van der Waals surface area (Å²) in [6.07, 6.45) is 1.62. The van der Waals surface area contributed by atoms with Crippen LogP contribution in [0.25, 0.3) is 0 Å². The number of rotatable bonds is 10. The van der Waals surface area contributed by atoms with Gasteiger partial charge in [-0.1, -0.05) is 42.5 Å². The molecule has 6 nitrogen and oxygen atoms in total. The van der Waals surface area contributed by atoms with Crippen molar-refractivity contribution in [2.24, 2.45) is 0 Å². The zero-order valence-electron chi connectivity index (χ0n) is 18.2. The molecule has 0 heterocycles. The summed E-state index contributed by atoms with van der Waals surface area (Å²) in [5, 5.41) is 2.96. The van der Waals surface area contributed by atoms with Crippen molar-refractivity contribution in [1.29, 1.82) is 0 Å². The lowest BCUT2D eigenvalue weighted by Crippen LogP contribution is -2.33. The van der Waals surface area contributed by atoms with Crippen molar-refractivity contribution in [3.8, 4) is 5.75 Å². The van der Waals surface area contributed by atoms with Gasteiger partial charge >= 0.3 is 0 Å². The molecule has 7 heteroatoms. The zero-order valence-corrected chi connectivity index (χ0v) is 19.1. The van der Waals surface area contributed by atoms with Crippen molar-refractivity contribution in [2.75, 3.05) is 11.3 Å². The van der Waals surface area contributed by atoms with Gasteiger partial charge in [0.05, 0.1) is 22.8 Å². The molecule has 0 saturated heterocycles. The molecular weight excluding hydrogens is 424 g/mol. The molecule has 3 aromatic carbocycles. The summed E-state index contributed by atoms with van der Waals surface area (Å²) in [7, 11) is -3.86. The summed E-state index contributed by atoms with van der Waals surface area (Å²) in [6.45, 7) is 4.29. The number of amides is 1. The van der Waals surface area contributed by atoms with Gasteiger partial charge in [0.1, 0.15) is 5.75 Å². The Morgan fingerprint density at radius 1 is 0.938 bits per heavy atom. The van der Waals surface area contributed by atoms with Crippen LogP contribution in [0.5, 0.6) is 5.75 Å². The number of hydrogen-bond acceptors (Lipinski definition) is 4. The van der Waals surface area contributed by atoms with Gasteiger partial charge in [-0.2, -0.15) is 0 Å². The molecular formula is C25H28N2O4S. The maximum absolute atomic E-state index is 12.9. The first-order valence-electron chi connectivity index (χ1n) is 10.6. The normalized spacial score (nSPS) is 12.1. The lowest BCUT2D eigenvalue weighted by Gasteiger charge is -2.17. The average molecular weight is 453 g/mol. The Hall–Kier alpha value is -3.32. The lowest BCUT2D eigenvalue weighted by atomic mass is 10.1. The highest BCUT2D eigenvalue weighted by Crippen LogP contribution is 2.22. The van der Waals surface area contributed by atoms with Crippen LogP contribution in [-0.4, -0.2) is 27.0 Å². The number of nitrogens with one attached hydrogen (secondary N) is 2. The van der Waals surface area contributed by atoms with Crippen LogP contribution in [-0.2, 0) is 16.4 Å². The van der Waals surface area contributed by atoms with Gasteiger partial charge in [0.15, 0.2) is 0 Å². The Bertz CT molecular complexity index is 1130. The molecule has 0 radical (unpaired) electrons. The van der Waals surface area contributed by atoms with E-state index in [9.17, 15) is 13.2 Å². The van der Waals surface area contributed by atoms with E-state index in [-0.39, 0.29) is 28.1 Å². The van der Waals surface area contributed by atoms with Crippen molar-refractivity contribution >= 4 is 21.6 Å². The van der Waals surface area contributed by atoms with Gasteiger partial charge in [0, 0.05) is 6.04 Å². The number of aryl methyl sites for hydroxylation is 1. The number of anilines is 1. The number of carbonyl (C=O) groups is 1. The third-order valence-corrected chi connectivity index (χ3v) is 6.33. The first-order valence-corrected chi connectivity index (χ1v) is 12.1. The number of ether oxygens (including phenoxy) is 1. The van der Waals surface area contributed by atoms with Gasteiger partial charge in [-0.05, 0) is 68.7 Å². The smallest absolute Gasteiger partial charge is 0.261 e. The van der Waals surface area contributed by atoms with Crippen molar-refractivity contribution in [3.63, 3.8) is 0 Å². The van der Waals surface area contributed by atoms with Crippen molar-refractivity contribution in [2.45, 2.75) is 37.6 Å². The molecule has 2 N–H and O–H groups in total. The van der Waals surface area contributed by atoms with Crippen LogP contribution in [0.2, 0.25) is 0 Å². The van der Waals surface area contributed by atoms with Crippen LogP contribution in [0.3, 0.4) is 0 Å². The van der Waals surface area contributed by atoms with E-state index >= 15 is 0 Å². The molecule has 32 heavy (non-hydrogen) atoms. The number of hydrogen-bond donors (Lipinski definition) is 2. The predicted octanol–water partition coefficient (Wildman–Crippen LogP) is 4.64. The highest BCUT2D eigenvalue weighted by atomic mass is 32.2. The van der Waals surface area contributed by atoms with Crippen LogP contribution >= 0.6 is 0 Å². The Morgan fingerprint density at radius 2 is 1.59 bits per heavy atom. The van der Waals surface area contributed by atoms with Crippen LogP contribution in [0.4, 0.5) is 5.69 Å².